The summed E-state index contributed by atoms with van der Waals surface area (Å²) in [5.41, 5.74) is 1.74. The summed E-state index contributed by atoms with van der Waals surface area (Å²) in [6.07, 6.45) is -7.51. The molecule has 4 nitrogen and oxygen atoms in total. The highest BCUT2D eigenvalue weighted by Crippen LogP contribution is 2.36. The van der Waals surface area contributed by atoms with E-state index < -0.39 is 23.5 Å². The van der Waals surface area contributed by atoms with E-state index in [1.54, 1.807) is 18.2 Å². The van der Waals surface area contributed by atoms with Crippen LogP contribution in [0.1, 0.15) is 37.8 Å². The molecule has 0 unspecified atom stereocenters. The molecule has 5 aromatic rings. The maximum atomic E-state index is 13.4. The number of aryl methyl sites for hydroxylation is 2. The van der Waals surface area contributed by atoms with E-state index in [1.807, 2.05) is 29.0 Å². The average molecular weight is 531 g/mol. The van der Waals surface area contributed by atoms with Crippen LogP contribution in [0.5, 0.6) is 0 Å². The number of hydrogen-bond donors (Lipinski definition) is 0. The van der Waals surface area contributed by atoms with Crippen molar-refractivity contribution in [2.75, 3.05) is 0 Å². The largest absolute Gasteiger partial charge is 0.416 e. The fourth-order valence-corrected chi connectivity index (χ4v) is 4.75. The Morgan fingerprint density at radius 2 is 1.03 bits per heavy atom. The van der Waals surface area contributed by atoms with Gasteiger partial charge in [-0.15, -0.1) is 0 Å². The van der Waals surface area contributed by atoms with Crippen LogP contribution in [0.2, 0.25) is 0 Å². The second-order valence-electron chi connectivity index (χ2n) is 9.16. The van der Waals surface area contributed by atoms with Gasteiger partial charge in [0.1, 0.15) is 11.6 Å². The zero-order valence-corrected chi connectivity index (χ0v) is 20.7. The molecule has 0 aliphatic rings. The fourth-order valence-electron chi connectivity index (χ4n) is 4.75. The lowest BCUT2D eigenvalue weighted by Gasteiger charge is -2.12. The summed E-state index contributed by atoms with van der Waals surface area (Å²) in [6, 6.07) is 13.8. The Bertz CT molecular complexity index is 1510. The minimum Gasteiger partial charge on any atom is -0.324 e. The first-order chi connectivity index (χ1) is 18.0. The standard InChI is InChI=1S/C28H24F6N4/c1-3-11-37-23-16-24-22(15-21(23)35-25(37)17-7-5-9-19(13-17)27(29,30)31)36-26(38(24)12-4-2)18-8-6-10-20(14-18)28(32,33)34/h5-10,13-16H,3-4,11-12H2,1-2H3. The normalized spacial score (nSPS) is 12.6. The monoisotopic (exact) mass is 530 g/mol. The van der Waals surface area contributed by atoms with Crippen LogP contribution in [0.15, 0.2) is 60.7 Å². The van der Waals surface area contributed by atoms with Gasteiger partial charge >= 0.3 is 12.4 Å². The van der Waals surface area contributed by atoms with Crippen molar-refractivity contribution in [1.29, 1.82) is 0 Å². The molecule has 5 rings (SSSR count). The summed E-state index contributed by atoms with van der Waals surface area (Å²) >= 11 is 0. The fraction of sp³-hybridized carbons (Fsp3) is 0.286. The Hall–Kier alpha value is -3.82. The van der Waals surface area contributed by atoms with E-state index in [0.29, 0.717) is 46.9 Å². The Morgan fingerprint density at radius 3 is 1.39 bits per heavy atom. The first kappa shape index (κ1) is 25.8. The van der Waals surface area contributed by atoms with Gasteiger partial charge in [-0.1, -0.05) is 38.1 Å². The van der Waals surface area contributed by atoms with Crippen LogP contribution < -0.4 is 0 Å². The van der Waals surface area contributed by atoms with E-state index in [1.165, 1.54) is 12.1 Å². The topological polar surface area (TPSA) is 35.6 Å². The predicted octanol–water partition coefficient (Wildman–Crippen LogP) is 8.58. The van der Waals surface area contributed by atoms with Crippen molar-refractivity contribution in [2.24, 2.45) is 0 Å². The number of aromatic nitrogens is 4. The van der Waals surface area contributed by atoms with E-state index in [4.69, 9.17) is 0 Å². The molecule has 0 radical (unpaired) electrons. The van der Waals surface area contributed by atoms with Gasteiger partial charge in [-0.05, 0) is 49.2 Å². The third kappa shape index (κ3) is 4.63. The molecule has 0 atom stereocenters. The number of halogens is 6. The Labute approximate surface area is 214 Å². The highest BCUT2D eigenvalue weighted by atomic mass is 19.4. The van der Waals surface area contributed by atoms with E-state index in [9.17, 15) is 26.3 Å². The molecule has 2 aromatic heterocycles. The molecule has 0 aliphatic heterocycles. The number of imidazole rings is 2. The van der Waals surface area contributed by atoms with Gasteiger partial charge in [0.25, 0.3) is 0 Å². The summed E-state index contributed by atoms with van der Waals surface area (Å²) < 4.78 is 84.0. The van der Waals surface area contributed by atoms with Gasteiger partial charge in [0, 0.05) is 24.2 Å². The molecule has 10 heteroatoms. The average Bonchev–Trinajstić information content (AvgIpc) is 3.40. The maximum absolute atomic E-state index is 13.4. The number of fused-ring (bicyclic) bond motifs is 2. The molecule has 198 valence electrons. The number of nitrogens with zero attached hydrogens (tertiary/aromatic N) is 4. The molecule has 0 amide bonds. The van der Waals surface area contributed by atoms with Crippen molar-refractivity contribution in [2.45, 2.75) is 52.1 Å². The van der Waals surface area contributed by atoms with Crippen LogP contribution in [0.25, 0.3) is 44.8 Å². The van der Waals surface area contributed by atoms with E-state index >= 15 is 0 Å². The van der Waals surface area contributed by atoms with Gasteiger partial charge in [-0.3, -0.25) is 0 Å². The number of hydrogen-bond acceptors (Lipinski definition) is 2. The molecule has 0 spiro atoms. The van der Waals surface area contributed by atoms with Gasteiger partial charge < -0.3 is 9.13 Å². The molecule has 3 aromatic carbocycles. The quantitative estimate of drug-likeness (QED) is 0.206. The third-order valence-corrected chi connectivity index (χ3v) is 6.41. The Kier molecular flexibility index (Phi) is 6.44. The minimum atomic E-state index is -4.48. The lowest BCUT2D eigenvalue weighted by atomic mass is 10.1. The van der Waals surface area contributed by atoms with Gasteiger partial charge in [0.2, 0.25) is 0 Å². The van der Waals surface area contributed by atoms with Gasteiger partial charge in [-0.2, -0.15) is 26.3 Å². The molecule has 0 fully saturated rings. The second-order valence-corrected chi connectivity index (χ2v) is 9.16. The second kappa shape index (κ2) is 9.49. The lowest BCUT2D eigenvalue weighted by Crippen LogP contribution is -2.06. The summed E-state index contributed by atoms with van der Waals surface area (Å²) in [4.78, 5) is 9.35. The highest BCUT2D eigenvalue weighted by molar-refractivity contribution is 5.95. The molecule has 0 bridgehead atoms. The van der Waals surface area contributed by atoms with E-state index in [2.05, 4.69) is 9.97 Å². The van der Waals surface area contributed by atoms with Crippen LogP contribution in [-0.2, 0) is 25.4 Å². The van der Waals surface area contributed by atoms with Crippen molar-refractivity contribution < 1.29 is 26.3 Å². The number of benzene rings is 3. The first-order valence-corrected chi connectivity index (χ1v) is 12.3. The summed E-state index contributed by atoms with van der Waals surface area (Å²) in [5.74, 6) is 0.835. The van der Waals surface area contributed by atoms with Crippen LogP contribution in [-0.4, -0.2) is 19.1 Å². The number of alkyl halides is 6. The zero-order valence-electron chi connectivity index (χ0n) is 20.7. The maximum Gasteiger partial charge on any atom is 0.416 e. The van der Waals surface area contributed by atoms with Crippen molar-refractivity contribution in [3.05, 3.63) is 71.8 Å². The third-order valence-electron chi connectivity index (χ3n) is 6.41. The SMILES string of the molecule is CCCn1c(-c2cccc(C(F)(F)F)c2)nc2cc3nc(-c4cccc(C(F)(F)F)c4)n(CCC)c3cc21. The van der Waals surface area contributed by atoms with Crippen molar-refractivity contribution in [1.82, 2.24) is 19.1 Å². The van der Waals surface area contributed by atoms with Crippen LogP contribution >= 0.6 is 0 Å². The molecule has 38 heavy (non-hydrogen) atoms. The molecule has 2 heterocycles. The van der Waals surface area contributed by atoms with Gasteiger partial charge in [0.05, 0.1) is 33.2 Å². The van der Waals surface area contributed by atoms with E-state index in [-0.39, 0.29) is 0 Å². The number of rotatable bonds is 6. The van der Waals surface area contributed by atoms with Crippen LogP contribution in [0.3, 0.4) is 0 Å². The van der Waals surface area contributed by atoms with Crippen LogP contribution in [0, 0.1) is 0 Å². The van der Waals surface area contributed by atoms with Crippen LogP contribution in [0.4, 0.5) is 26.3 Å². The zero-order chi connectivity index (χ0) is 27.2. The van der Waals surface area contributed by atoms with Gasteiger partial charge in [0.15, 0.2) is 0 Å². The molecular weight excluding hydrogens is 506 g/mol. The van der Waals surface area contributed by atoms with Crippen molar-refractivity contribution in [3.8, 4) is 22.8 Å². The first-order valence-electron chi connectivity index (χ1n) is 12.3. The Balaban J connectivity index is 1.72. The molecular formula is C28H24F6N4. The summed E-state index contributed by atoms with van der Waals surface area (Å²) in [7, 11) is 0. The minimum absolute atomic E-state index is 0.350. The Morgan fingerprint density at radius 1 is 0.605 bits per heavy atom. The summed E-state index contributed by atoms with van der Waals surface area (Å²) in [6.45, 7) is 4.98. The lowest BCUT2D eigenvalue weighted by molar-refractivity contribution is -0.138. The molecule has 0 aliphatic carbocycles. The summed E-state index contributed by atoms with van der Waals surface area (Å²) in [5, 5.41) is 0. The van der Waals surface area contributed by atoms with E-state index in [0.717, 1.165) is 48.1 Å². The highest BCUT2D eigenvalue weighted by Gasteiger charge is 2.32. The predicted molar refractivity (Wildman–Crippen MR) is 134 cm³/mol. The molecule has 0 saturated heterocycles. The van der Waals surface area contributed by atoms with Crippen molar-refractivity contribution >= 4 is 22.1 Å². The van der Waals surface area contributed by atoms with Crippen molar-refractivity contribution in [3.63, 3.8) is 0 Å². The molecule has 0 N–H and O–H groups in total. The molecule has 0 saturated carbocycles. The smallest absolute Gasteiger partial charge is 0.324 e. The van der Waals surface area contributed by atoms with Gasteiger partial charge in [-0.25, -0.2) is 9.97 Å².